The SMILES string of the molecule is c1cc2c(c(CSCc3cccc4c3CCCC4)c1)CCCC2. The fraction of sp³-hybridized carbons (Fsp3) is 0.455. The van der Waals surface area contributed by atoms with Gasteiger partial charge in [0.2, 0.25) is 0 Å². The second kappa shape index (κ2) is 7.13. The fourth-order valence-electron chi connectivity index (χ4n) is 4.26. The highest BCUT2D eigenvalue weighted by Crippen LogP contribution is 2.30. The van der Waals surface area contributed by atoms with E-state index in [0.29, 0.717) is 0 Å². The van der Waals surface area contributed by atoms with Crippen LogP contribution in [0.3, 0.4) is 0 Å². The average Bonchev–Trinajstić information content (AvgIpc) is 2.62. The van der Waals surface area contributed by atoms with Crippen molar-refractivity contribution in [3.63, 3.8) is 0 Å². The maximum Gasteiger partial charge on any atom is 0.0190 e. The normalized spacial score (nSPS) is 16.7. The van der Waals surface area contributed by atoms with Crippen molar-refractivity contribution in [2.45, 2.75) is 62.9 Å². The Hall–Kier alpha value is -1.21. The third-order valence-corrected chi connectivity index (χ3v) is 6.53. The molecule has 0 amide bonds. The van der Waals surface area contributed by atoms with Crippen LogP contribution in [0.2, 0.25) is 0 Å². The summed E-state index contributed by atoms with van der Waals surface area (Å²) in [7, 11) is 0. The lowest BCUT2D eigenvalue weighted by Gasteiger charge is -2.20. The van der Waals surface area contributed by atoms with Crippen molar-refractivity contribution < 1.29 is 0 Å². The molecule has 120 valence electrons. The van der Waals surface area contributed by atoms with Crippen LogP contribution in [0.5, 0.6) is 0 Å². The number of benzene rings is 2. The van der Waals surface area contributed by atoms with Crippen molar-refractivity contribution in [2.24, 2.45) is 0 Å². The summed E-state index contributed by atoms with van der Waals surface area (Å²) in [4.78, 5) is 0. The van der Waals surface area contributed by atoms with Gasteiger partial charge in [-0.15, -0.1) is 0 Å². The van der Waals surface area contributed by atoms with E-state index < -0.39 is 0 Å². The monoisotopic (exact) mass is 322 g/mol. The Morgan fingerprint density at radius 1 is 0.609 bits per heavy atom. The molecule has 0 saturated heterocycles. The molecule has 0 atom stereocenters. The van der Waals surface area contributed by atoms with E-state index in [-0.39, 0.29) is 0 Å². The summed E-state index contributed by atoms with van der Waals surface area (Å²) in [6, 6.07) is 13.9. The molecule has 2 aromatic carbocycles. The van der Waals surface area contributed by atoms with Gasteiger partial charge in [-0.1, -0.05) is 36.4 Å². The molecular weight excluding hydrogens is 296 g/mol. The molecule has 0 radical (unpaired) electrons. The molecule has 0 fully saturated rings. The van der Waals surface area contributed by atoms with E-state index in [9.17, 15) is 0 Å². The standard InChI is InChI=1S/C22H26S/c1-3-13-21-17(7-1)9-5-11-19(21)15-23-16-20-12-6-10-18-8-2-4-14-22(18)20/h5-6,9-12H,1-4,7-8,13-16H2. The van der Waals surface area contributed by atoms with Crippen LogP contribution in [0.15, 0.2) is 36.4 Å². The molecule has 0 heterocycles. The maximum absolute atomic E-state index is 2.36. The van der Waals surface area contributed by atoms with Gasteiger partial charge in [-0.05, 0) is 84.7 Å². The third-order valence-electron chi connectivity index (χ3n) is 5.50. The molecule has 2 aromatic rings. The van der Waals surface area contributed by atoms with Gasteiger partial charge in [0, 0.05) is 11.5 Å². The van der Waals surface area contributed by atoms with E-state index in [4.69, 9.17) is 0 Å². The summed E-state index contributed by atoms with van der Waals surface area (Å²) >= 11 is 2.11. The van der Waals surface area contributed by atoms with Crippen molar-refractivity contribution in [2.75, 3.05) is 0 Å². The Bertz CT molecular complexity index is 627. The van der Waals surface area contributed by atoms with Gasteiger partial charge in [-0.2, -0.15) is 11.8 Å². The van der Waals surface area contributed by atoms with E-state index in [1.807, 2.05) is 0 Å². The molecule has 4 rings (SSSR count). The first-order valence-electron chi connectivity index (χ1n) is 9.19. The second-order valence-corrected chi connectivity index (χ2v) is 8.00. The van der Waals surface area contributed by atoms with Crippen LogP contribution in [0.25, 0.3) is 0 Å². The number of thioether (sulfide) groups is 1. The van der Waals surface area contributed by atoms with Gasteiger partial charge in [-0.25, -0.2) is 0 Å². The van der Waals surface area contributed by atoms with Crippen molar-refractivity contribution >= 4 is 11.8 Å². The average molecular weight is 323 g/mol. The molecule has 0 N–H and O–H groups in total. The highest BCUT2D eigenvalue weighted by Gasteiger charge is 2.14. The number of aryl methyl sites for hydroxylation is 2. The smallest absolute Gasteiger partial charge is 0.0190 e. The number of rotatable bonds is 4. The summed E-state index contributed by atoms with van der Waals surface area (Å²) < 4.78 is 0. The molecule has 2 aliphatic carbocycles. The minimum absolute atomic E-state index is 1.17. The largest absolute Gasteiger partial charge is 0.152 e. The first-order chi connectivity index (χ1) is 11.4. The van der Waals surface area contributed by atoms with Crippen molar-refractivity contribution in [3.8, 4) is 0 Å². The van der Waals surface area contributed by atoms with Crippen molar-refractivity contribution in [1.82, 2.24) is 0 Å². The highest BCUT2D eigenvalue weighted by atomic mass is 32.2. The summed E-state index contributed by atoms with van der Waals surface area (Å²) in [5.41, 5.74) is 9.76. The van der Waals surface area contributed by atoms with Gasteiger partial charge >= 0.3 is 0 Å². The van der Waals surface area contributed by atoms with Gasteiger partial charge in [0.15, 0.2) is 0 Å². The molecule has 0 spiro atoms. The van der Waals surface area contributed by atoms with E-state index in [2.05, 4.69) is 48.2 Å². The Kier molecular flexibility index (Phi) is 4.75. The van der Waals surface area contributed by atoms with Crippen LogP contribution < -0.4 is 0 Å². The molecule has 0 saturated carbocycles. The molecular formula is C22H26S. The van der Waals surface area contributed by atoms with Gasteiger partial charge in [0.25, 0.3) is 0 Å². The summed E-state index contributed by atoms with van der Waals surface area (Å²) in [6.45, 7) is 0. The zero-order valence-corrected chi connectivity index (χ0v) is 14.8. The topological polar surface area (TPSA) is 0 Å². The number of hydrogen-bond donors (Lipinski definition) is 0. The molecule has 1 heteroatoms. The molecule has 0 bridgehead atoms. The fourth-order valence-corrected chi connectivity index (χ4v) is 5.34. The Balaban J connectivity index is 1.45. The predicted octanol–water partition coefficient (Wildman–Crippen LogP) is 5.88. The molecule has 0 unspecified atom stereocenters. The third kappa shape index (κ3) is 3.35. The van der Waals surface area contributed by atoms with Gasteiger partial charge in [-0.3, -0.25) is 0 Å². The van der Waals surface area contributed by atoms with Gasteiger partial charge in [0.1, 0.15) is 0 Å². The Morgan fingerprint density at radius 3 is 1.61 bits per heavy atom. The van der Waals surface area contributed by atoms with Gasteiger partial charge in [0.05, 0.1) is 0 Å². The minimum Gasteiger partial charge on any atom is -0.152 e. The number of fused-ring (bicyclic) bond motifs is 2. The molecule has 0 aromatic heterocycles. The zero-order valence-electron chi connectivity index (χ0n) is 13.9. The lowest BCUT2D eigenvalue weighted by atomic mass is 9.89. The first-order valence-corrected chi connectivity index (χ1v) is 10.3. The molecule has 23 heavy (non-hydrogen) atoms. The van der Waals surface area contributed by atoms with E-state index in [0.717, 1.165) is 0 Å². The maximum atomic E-state index is 2.36. The second-order valence-electron chi connectivity index (χ2n) is 7.02. The van der Waals surface area contributed by atoms with Crippen molar-refractivity contribution in [3.05, 3.63) is 69.8 Å². The van der Waals surface area contributed by atoms with Crippen LogP contribution in [-0.4, -0.2) is 0 Å². The zero-order chi connectivity index (χ0) is 15.5. The Labute approximate surface area is 144 Å². The van der Waals surface area contributed by atoms with E-state index in [1.165, 1.54) is 62.9 Å². The quantitative estimate of drug-likeness (QED) is 0.677. The van der Waals surface area contributed by atoms with Crippen LogP contribution >= 0.6 is 11.8 Å². The minimum atomic E-state index is 1.17. The summed E-state index contributed by atoms with van der Waals surface area (Å²) in [5, 5.41) is 0. The highest BCUT2D eigenvalue weighted by molar-refractivity contribution is 7.97. The van der Waals surface area contributed by atoms with Gasteiger partial charge < -0.3 is 0 Å². The van der Waals surface area contributed by atoms with Crippen LogP contribution in [-0.2, 0) is 37.2 Å². The lowest BCUT2D eigenvalue weighted by molar-refractivity contribution is 0.681. The molecule has 0 nitrogen and oxygen atoms in total. The first kappa shape index (κ1) is 15.3. The molecule has 2 aliphatic rings. The Morgan fingerprint density at radius 2 is 1.09 bits per heavy atom. The lowest BCUT2D eigenvalue weighted by Crippen LogP contribution is -2.06. The van der Waals surface area contributed by atoms with E-state index >= 15 is 0 Å². The van der Waals surface area contributed by atoms with Crippen LogP contribution in [0.1, 0.15) is 59.1 Å². The number of hydrogen-bond acceptors (Lipinski definition) is 1. The predicted molar refractivity (Wildman–Crippen MR) is 101 cm³/mol. The van der Waals surface area contributed by atoms with Crippen LogP contribution in [0, 0.1) is 0 Å². The summed E-state index contributed by atoms with van der Waals surface area (Å²) in [5.74, 6) is 2.35. The van der Waals surface area contributed by atoms with Crippen LogP contribution in [0.4, 0.5) is 0 Å². The summed E-state index contributed by atoms with van der Waals surface area (Å²) in [6.07, 6.45) is 10.7. The van der Waals surface area contributed by atoms with Crippen molar-refractivity contribution in [1.29, 1.82) is 0 Å². The van der Waals surface area contributed by atoms with E-state index in [1.54, 1.807) is 33.4 Å². The molecule has 0 aliphatic heterocycles.